The smallest absolute Gasteiger partial charge is 0.412 e. The van der Waals surface area contributed by atoms with Gasteiger partial charge in [-0.2, -0.15) is 5.10 Å². The molecule has 0 aliphatic carbocycles. The number of aromatic nitrogens is 4. The fourth-order valence-electron chi connectivity index (χ4n) is 2.65. The highest BCUT2D eigenvalue weighted by Crippen LogP contribution is 2.30. The Bertz CT molecular complexity index is 974. The fourth-order valence-corrected chi connectivity index (χ4v) is 2.65. The average molecular weight is 376 g/mol. The van der Waals surface area contributed by atoms with Gasteiger partial charge in [-0.15, -0.1) is 0 Å². The highest BCUT2D eigenvalue weighted by molar-refractivity contribution is 5.83. The molecule has 0 spiro atoms. The van der Waals surface area contributed by atoms with E-state index in [2.05, 4.69) is 30.5 Å². The second-order valence-electron chi connectivity index (χ2n) is 5.81. The third kappa shape index (κ3) is 4.16. The maximum absolute atomic E-state index is 12.0. The van der Waals surface area contributed by atoms with Gasteiger partial charge >= 0.3 is 11.8 Å². The van der Waals surface area contributed by atoms with Crippen molar-refractivity contribution in [3.05, 3.63) is 55.3 Å². The van der Waals surface area contributed by atoms with Crippen LogP contribution in [0.3, 0.4) is 0 Å². The van der Waals surface area contributed by atoms with Gasteiger partial charge in [-0.3, -0.25) is 24.8 Å². The van der Waals surface area contributed by atoms with Gasteiger partial charge in [0.2, 0.25) is 0 Å². The number of aromatic amines is 2. The molecule has 1 amide bonds. The van der Waals surface area contributed by atoms with E-state index in [1.807, 2.05) is 0 Å². The second-order valence-corrected chi connectivity index (χ2v) is 5.81. The molecule has 1 fully saturated rings. The van der Waals surface area contributed by atoms with E-state index in [1.54, 1.807) is 6.92 Å². The number of hydrogen-bond acceptors (Lipinski definition) is 7. The van der Waals surface area contributed by atoms with Gasteiger partial charge in [-0.25, -0.2) is 9.59 Å². The Kier molecular flexibility index (Phi) is 5.24. The van der Waals surface area contributed by atoms with E-state index in [1.165, 1.54) is 23.0 Å². The summed E-state index contributed by atoms with van der Waals surface area (Å²) in [4.78, 5) is 40.2. The quantitative estimate of drug-likeness (QED) is 0.394. The molecular weight excluding hydrogens is 360 g/mol. The highest BCUT2D eigenvalue weighted by atomic mass is 16.6. The first-order chi connectivity index (χ1) is 13.0. The summed E-state index contributed by atoms with van der Waals surface area (Å²) < 4.78 is 12.0. The summed E-state index contributed by atoms with van der Waals surface area (Å²) in [6.45, 7) is 1.35. The van der Waals surface area contributed by atoms with Crippen molar-refractivity contribution in [2.24, 2.45) is 5.11 Å². The van der Waals surface area contributed by atoms with Crippen LogP contribution in [0.5, 0.6) is 0 Å². The summed E-state index contributed by atoms with van der Waals surface area (Å²) in [5.74, 6) is 0.354. The van der Waals surface area contributed by atoms with Gasteiger partial charge in [-0.05, 0) is 12.5 Å². The number of anilines is 1. The molecule has 0 unspecified atom stereocenters. The van der Waals surface area contributed by atoms with Crippen LogP contribution in [0.2, 0.25) is 0 Å². The first-order valence-electron chi connectivity index (χ1n) is 7.93. The predicted octanol–water partition coefficient (Wildman–Crippen LogP) is 0.783. The zero-order valence-electron chi connectivity index (χ0n) is 14.2. The van der Waals surface area contributed by atoms with Crippen molar-refractivity contribution in [3.8, 4) is 0 Å². The zero-order chi connectivity index (χ0) is 19.4. The van der Waals surface area contributed by atoms with E-state index in [0.29, 0.717) is 11.4 Å². The van der Waals surface area contributed by atoms with Crippen LogP contribution in [0.25, 0.3) is 10.4 Å². The monoisotopic (exact) mass is 376 g/mol. The lowest BCUT2D eigenvalue weighted by atomic mass is 10.1. The first kappa shape index (κ1) is 18.2. The molecular formula is C14H16N8O5. The summed E-state index contributed by atoms with van der Waals surface area (Å²) in [6, 6.07) is 0.885. The van der Waals surface area contributed by atoms with E-state index in [-0.39, 0.29) is 13.0 Å². The Hall–Kier alpha value is -3.57. The third-order valence-electron chi connectivity index (χ3n) is 3.98. The van der Waals surface area contributed by atoms with Crippen LogP contribution in [-0.2, 0) is 9.47 Å². The van der Waals surface area contributed by atoms with Crippen LogP contribution < -0.4 is 16.6 Å². The van der Waals surface area contributed by atoms with Crippen molar-refractivity contribution in [1.82, 2.24) is 19.7 Å². The van der Waals surface area contributed by atoms with Gasteiger partial charge in [0.1, 0.15) is 24.8 Å². The SMILES string of the molecule is Cc1cn([C@H]2C[C@H](N=[N+]=[N-])[C@@H](COC(=O)Nc3ccn[nH]3)O2)c(=O)[nH]c1=O. The molecule has 27 heavy (non-hydrogen) atoms. The summed E-state index contributed by atoms with van der Waals surface area (Å²) in [5, 5.41) is 12.3. The van der Waals surface area contributed by atoms with Crippen molar-refractivity contribution >= 4 is 11.9 Å². The first-order valence-corrected chi connectivity index (χ1v) is 7.93. The zero-order valence-corrected chi connectivity index (χ0v) is 14.2. The number of H-pyrrole nitrogens is 2. The van der Waals surface area contributed by atoms with Crippen molar-refractivity contribution < 1.29 is 14.3 Å². The molecule has 0 aromatic carbocycles. The number of carbonyl (C=O) groups is 1. The number of nitrogens with zero attached hydrogens (tertiary/aromatic N) is 5. The third-order valence-corrected chi connectivity index (χ3v) is 3.98. The minimum atomic E-state index is -0.771. The molecule has 3 rings (SSSR count). The summed E-state index contributed by atoms with van der Waals surface area (Å²) >= 11 is 0. The van der Waals surface area contributed by atoms with Crippen molar-refractivity contribution in [2.75, 3.05) is 11.9 Å². The normalized spacial score (nSPS) is 21.4. The average Bonchev–Trinajstić information content (AvgIpc) is 3.27. The number of azide groups is 1. The van der Waals surface area contributed by atoms with Gasteiger partial charge in [0.25, 0.3) is 5.56 Å². The molecule has 0 radical (unpaired) electrons. The van der Waals surface area contributed by atoms with Gasteiger partial charge in [0.15, 0.2) is 0 Å². The van der Waals surface area contributed by atoms with Crippen molar-refractivity contribution in [1.29, 1.82) is 0 Å². The van der Waals surface area contributed by atoms with Gasteiger partial charge in [0.05, 0.1) is 12.2 Å². The lowest BCUT2D eigenvalue weighted by Crippen LogP contribution is -2.33. The van der Waals surface area contributed by atoms with Crippen molar-refractivity contribution in [3.63, 3.8) is 0 Å². The van der Waals surface area contributed by atoms with Gasteiger partial charge < -0.3 is 9.47 Å². The maximum atomic E-state index is 12.0. The van der Waals surface area contributed by atoms with Crippen molar-refractivity contribution in [2.45, 2.75) is 31.7 Å². The van der Waals surface area contributed by atoms with E-state index in [9.17, 15) is 14.4 Å². The molecule has 0 bridgehead atoms. The molecule has 3 N–H and O–H groups in total. The Morgan fingerprint density at radius 2 is 2.41 bits per heavy atom. The molecule has 3 atom stereocenters. The Balaban J connectivity index is 1.69. The van der Waals surface area contributed by atoms with Gasteiger partial charge in [0, 0.05) is 29.2 Å². The summed E-state index contributed by atoms with van der Waals surface area (Å²) in [7, 11) is 0. The molecule has 13 nitrogen and oxygen atoms in total. The van der Waals surface area contributed by atoms with E-state index < -0.39 is 35.7 Å². The standard InChI is InChI=1S/C14H16N8O5/c1-7-5-22(13(24)18-12(7)23)11-4-8(19-21-15)9(27-11)6-26-14(25)17-10-2-3-16-20-10/h2-3,5,8-9,11H,4,6H2,1H3,(H,18,23,24)(H2,16,17,20,25)/t8-,9+,11+/m0/s1. The minimum Gasteiger partial charge on any atom is -0.447 e. The number of amides is 1. The molecule has 142 valence electrons. The van der Waals surface area contributed by atoms with Crippen LogP contribution in [0.1, 0.15) is 18.2 Å². The molecule has 1 saturated heterocycles. The highest BCUT2D eigenvalue weighted by Gasteiger charge is 2.37. The Labute approximate surface area is 150 Å². The van der Waals surface area contributed by atoms with Crippen LogP contribution in [0, 0.1) is 6.92 Å². The lowest BCUT2D eigenvalue weighted by molar-refractivity contribution is -0.0292. The Morgan fingerprint density at radius 1 is 1.59 bits per heavy atom. The number of ether oxygens (including phenoxy) is 2. The molecule has 1 aliphatic heterocycles. The molecule has 3 heterocycles. The Morgan fingerprint density at radius 3 is 3.11 bits per heavy atom. The topological polar surface area (TPSA) is 180 Å². The number of carbonyl (C=O) groups excluding carboxylic acids is 1. The largest absolute Gasteiger partial charge is 0.447 e. The fraction of sp³-hybridized carbons (Fsp3) is 0.429. The van der Waals surface area contributed by atoms with Crippen LogP contribution in [0.4, 0.5) is 10.6 Å². The van der Waals surface area contributed by atoms with Gasteiger partial charge in [-0.1, -0.05) is 5.11 Å². The summed E-state index contributed by atoms with van der Waals surface area (Å²) in [6.07, 6.45) is 0.745. The molecule has 2 aromatic heterocycles. The van der Waals surface area contributed by atoms with Crippen LogP contribution in [0.15, 0.2) is 33.2 Å². The molecule has 13 heteroatoms. The minimum absolute atomic E-state index is 0.186. The number of rotatable bonds is 5. The molecule has 0 saturated carbocycles. The van der Waals surface area contributed by atoms with Crippen LogP contribution in [-0.4, -0.2) is 44.6 Å². The molecule has 2 aromatic rings. The molecule has 1 aliphatic rings. The predicted molar refractivity (Wildman–Crippen MR) is 91.1 cm³/mol. The number of aryl methyl sites for hydroxylation is 1. The number of nitrogens with one attached hydrogen (secondary N) is 3. The lowest BCUT2D eigenvalue weighted by Gasteiger charge is -2.16. The maximum Gasteiger partial charge on any atom is 0.412 e. The summed E-state index contributed by atoms with van der Waals surface area (Å²) in [5.41, 5.74) is 7.94. The van der Waals surface area contributed by atoms with E-state index in [4.69, 9.17) is 15.0 Å². The van der Waals surface area contributed by atoms with Crippen LogP contribution >= 0.6 is 0 Å². The van der Waals surface area contributed by atoms with E-state index in [0.717, 1.165) is 0 Å². The second kappa shape index (κ2) is 7.76. The number of hydrogen-bond donors (Lipinski definition) is 3. The van der Waals surface area contributed by atoms with E-state index >= 15 is 0 Å².